The predicted octanol–water partition coefficient (Wildman–Crippen LogP) is 6.57. The number of furan rings is 1. The van der Waals surface area contributed by atoms with Gasteiger partial charge in [0, 0.05) is 16.0 Å². The summed E-state index contributed by atoms with van der Waals surface area (Å²) in [7, 11) is 0. The van der Waals surface area contributed by atoms with Crippen LogP contribution in [0.2, 0.25) is 0 Å². The Hall–Kier alpha value is -2.58. The van der Waals surface area contributed by atoms with Crippen molar-refractivity contribution in [1.29, 1.82) is 0 Å². The molecule has 2 heteroatoms. The minimum absolute atomic E-state index is 0.906. The van der Waals surface area contributed by atoms with Gasteiger partial charge in [-0.15, -0.1) is 11.3 Å². The van der Waals surface area contributed by atoms with Crippen molar-refractivity contribution in [3.05, 3.63) is 89.2 Å². The maximum Gasteiger partial charge on any atom is 0.136 e. The van der Waals surface area contributed by atoms with Crippen molar-refractivity contribution in [2.24, 2.45) is 0 Å². The largest absolute Gasteiger partial charge is 0.456 e. The Balaban J connectivity index is 1.73. The third kappa shape index (κ3) is 2.86. The van der Waals surface area contributed by atoms with Gasteiger partial charge in [0.2, 0.25) is 0 Å². The van der Waals surface area contributed by atoms with Crippen LogP contribution in [0, 0.1) is 0 Å². The normalized spacial score (nSPS) is 13.8. The van der Waals surface area contributed by atoms with E-state index >= 15 is 0 Å². The Morgan fingerprint density at radius 2 is 1.74 bits per heavy atom. The highest BCUT2D eigenvalue weighted by atomic mass is 32.1. The van der Waals surface area contributed by atoms with Crippen molar-refractivity contribution >= 4 is 16.9 Å². The first kappa shape index (κ1) is 14.0. The minimum atomic E-state index is 0.906. The van der Waals surface area contributed by atoms with Crippen molar-refractivity contribution < 1.29 is 4.42 Å². The van der Waals surface area contributed by atoms with E-state index in [1.807, 2.05) is 24.3 Å². The standard InChI is InChI=1S/C21H16OS/c1-2-5-11-17(10-4-1)21-18(14-15-23-21)20-13-12-19(22-20)16-8-6-3-7-9-16/h1,3-15H,2H2. The zero-order valence-electron chi connectivity index (χ0n) is 12.6. The second-order valence-electron chi connectivity index (χ2n) is 5.38. The molecule has 3 aromatic rings. The zero-order valence-corrected chi connectivity index (χ0v) is 13.4. The molecule has 0 spiro atoms. The van der Waals surface area contributed by atoms with Crippen molar-refractivity contribution in [3.8, 4) is 22.6 Å². The van der Waals surface area contributed by atoms with Gasteiger partial charge in [0.1, 0.15) is 11.5 Å². The molecular formula is C21H16OS. The molecule has 0 saturated heterocycles. The van der Waals surface area contributed by atoms with Gasteiger partial charge in [-0.2, -0.15) is 0 Å². The lowest BCUT2D eigenvalue weighted by Gasteiger charge is -2.02. The van der Waals surface area contributed by atoms with Crippen molar-refractivity contribution in [2.75, 3.05) is 0 Å². The first-order chi connectivity index (χ1) is 11.4. The Kier molecular flexibility index (Phi) is 3.83. The van der Waals surface area contributed by atoms with Gasteiger partial charge in [-0.3, -0.25) is 0 Å². The van der Waals surface area contributed by atoms with Gasteiger partial charge in [-0.25, -0.2) is 0 Å². The van der Waals surface area contributed by atoms with Crippen LogP contribution in [0.1, 0.15) is 11.3 Å². The van der Waals surface area contributed by atoms with E-state index in [0.29, 0.717) is 0 Å². The molecule has 0 saturated carbocycles. The number of thiophene rings is 1. The summed E-state index contributed by atoms with van der Waals surface area (Å²) in [6.45, 7) is 0. The highest BCUT2D eigenvalue weighted by molar-refractivity contribution is 7.11. The molecule has 2 aromatic heterocycles. The van der Waals surface area contributed by atoms with Gasteiger partial charge < -0.3 is 4.42 Å². The van der Waals surface area contributed by atoms with Crippen molar-refractivity contribution in [2.45, 2.75) is 6.42 Å². The maximum atomic E-state index is 6.11. The number of hydrogen-bond acceptors (Lipinski definition) is 2. The molecule has 1 nitrogen and oxygen atoms in total. The Labute approximate surface area is 139 Å². The molecule has 0 fully saturated rings. The summed E-state index contributed by atoms with van der Waals surface area (Å²) >= 11 is 1.75. The Morgan fingerprint density at radius 3 is 2.65 bits per heavy atom. The zero-order chi connectivity index (χ0) is 15.5. The third-order valence-electron chi connectivity index (χ3n) is 3.84. The van der Waals surface area contributed by atoms with Gasteiger partial charge in [-0.05, 0) is 35.6 Å². The summed E-state index contributed by atoms with van der Waals surface area (Å²) in [5.41, 5.74) is 3.50. The lowest BCUT2D eigenvalue weighted by molar-refractivity contribution is 0.597. The molecule has 1 aromatic carbocycles. The number of benzene rings is 1. The molecule has 112 valence electrons. The summed E-state index contributed by atoms with van der Waals surface area (Å²) in [6.07, 6.45) is 11.8. The maximum absolute atomic E-state index is 6.11. The Morgan fingerprint density at radius 1 is 0.870 bits per heavy atom. The summed E-state index contributed by atoms with van der Waals surface area (Å²) in [5, 5.41) is 2.12. The molecule has 2 heterocycles. The van der Waals surface area contributed by atoms with E-state index < -0.39 is 0 Å². The van der Waals surface area contributed by atoms with Crippen LogP contribution in [0.3, 0.4) is 0 Å². The minimum Gasteiger partial charge on any atom is -0.456 e. The van der Waals surface area contributed by atoms with E-state index in [1.165, 1.54) is 10.5 Å². The van der Waals surface area contributed by atoms with Crippen molar-refractivity contribution in [3.63, 3.8) is 0 Å². The van der Waals surface area contributed by atoms with Gasteiger partial charge in [-0.1, -0.05) is 60.7 Å². The molecule has 0 atom stereocenters. The fourth-order valence-electron chi connectivity index (χ4n) is 2.70. The number of rotatable bonds is 3. The molecule has 0 N–H and O–H groups in total. The highest BCUT2D eigenvalue weighted by Crippen LogP contribution is 2.37. The number of hydrogen-bond donors (Lipinski definition) is 0. The van der Waals surface area contributed by atoms with E-state index in [2.05, 4.69) is 60.0 Å². The van der Waals surface area contributed by atoms with E-state index in [1.54, 1.807) is 11.3 Å². The second-order valence-corrected chi connectivity index (χ2v) is 6.30. The van der Waals surface area contributed by atoms with Gasteiger partial charge in [0.25, 0.3) is 0 Å². The SMILES string of the molecule is C1=CCC=CC(c2sccc2-c2ccc(-c3ccccc3)o2)=C1. The quantitative estimate of drug-likeness (QED) is 0.532. The van der Waals surface area contributed by atoms with Crippen LogP contribution < -0.4 is 0 Å². The van der Waals surface area contributed by atoms with E-state index in [0.717, 1.165) is 29.1 Å². The lowest BCUT2D eigenvalue weighted by atomic mass is 10.1. The highest BCUT2D eigenvalue weighted by Gasteiger charge is 2.14. The summed E-state index contributed by atoms with van der Waals surface area (Å²) in [6, 6.07) is 16.5. The summed E-state index contributed by atoms with van der Waals surface area (Å²) in [4.78, 5) is 1.25. The second kappa shape index (κ2) is 6.27. The topological polar surface area (TPSA) is 13.1 Å². The molecule has 1 aliphatic carbocycles. The molecular weight excluding hydrogens is 300 g/mol. The molecule has 0 amide bonds. The van der Waals surface area contributed by atoms with Crippen LogP contribution in [-0.4, -0.2) is 0 Å². The molecule has 1 aliphatic rings. The molecule has 0 radical (unpaired) electrons. The van der Waals surface area contributed by atoms with Crippen molar-refractivity contribution in [1.82, 2.24) is 0 Å². The molecule has 0 bridgehead atoms. The van der Waals surface area contributed by atoms with Crippen LogP contribution in [0.15, 0.2) is 88.7 Å². The lowest BCUT2D eigenvalue weighted by Crippen LogP contribution is -1.79. The van der Waals surface area contributed by atoms with Gasteiger partial charge in [0.15, 0.2) is 0 Å². The molecule has 23 heavy (non-hydrogen) atoms. The first-order valence-corrected chi connectivity index (χ1v) is 8.56. The van der Waals surface area contributed by atoms with Gasteiger partial charge >= 0.3 is 0 Å². The van der Waals surface area contributed by atoms with Crippen LogP contribution in [0.4, 0.5) is 0 Å². The monoisotopic (exact) mass is 316 g/mol. The van der Waals surface area contributed by atoms with Crippen LogP contribution >= 0.6 is 11.3 Å². The smallest absolute Gasteiger partial charge is 0.136 e. The van der Waals surface area contributed by atoms with Gasteiger partial charge in [0.05, 0.1) is 0 Å². The van der Waals surface area contributed by atoms with Crippen LogP contribution in [-0.2, 0) is 0 Å². The van der Waals surface area contributed by atoms with E-state index in [9.17, 15) is 0 Å². The van der Waals surface area contributed by atoms with Crippen LogP contribution in [0.25, 0.3) is 28.2 Å². The first-order valence-electron chi connectivity index (χ1n) is 7.69. The van der Waals surface area contributed by atoms with E-state index in [4.69, 9.17) is 4.42 Å². The predicted molar refractivity (Wildman–Crippen MR) is 98.3 cm³/mol. The number of allylic oxidation sites excluding steroid dienone is 6. The van der Waals surface area contributed by atoms with Crippen LogP contribution in [0.5, 0.6) is 0 Å². The molecule has 4 rings (SSSR count). The summed E-state index contributed by atoms with van der Waals surface area (Å²) < 4.78 is 6.11. The average Bonchev–Trinajstić information content (AvgIpc) is 3.19. The molecule has 0 aliphatic heterocycles. The summed E-state index contributed by atoms with van der Waals surface area (Å²) in [5.74, 6) is 1.82. The average molecular weight is 316 g/mol. The Bertz CT molecular complexity index is 891. The fraction of sp³-hybridized carbons (Fsp3) is 0.0476. The van der Waals surface area contributed by atoms with E-state index in [-0.39, 0.29) is 0 Å². The fourth-order valence-corrected chi connectivity index (χ4v) is 3.61. The third-order valence-corrected chi connectivity index (χ3v) is 4.80. The molecule has 0 unspecified atom stereocenters.